The van der Waals surface area contributed by atoms with Gasteiger partial charge in [0.2, 0.25) is 5.91 Å². The summed E-state index contributed by atoms with van der Waals surface area (Å²) < 4.78 is 0. The molecule has 0 aliphatic heterocycles. The standard InChI is InChI=1S/C13H18N2OS/c1-8(2)9(3)13(16)15-11-6-4-5-10(7-11)12(14)17/h4-9H,1-3H3,(H2,14,17)(H,15,16). The van der Waals surface area contributed by atoms with Crippen molar-refractivity contribution in [1.82, 2.24) is 0 Å². The van der Waals surface area contributed by atoms with E-state index in [-0.39, 0.29) is 11.8 Å². The zero-order chi connectivity index (χ0) is 13.0. The van der Waals surface area contributed by atoms with Gasteiger partial charge >= 0.3 is 0 Å². The van der Waals surface area contributed by atoms with Crippen LogP contribution in [-0.2, 0) is 4.79 Å². The summed E-state index contributed by atoms with van der Waals surface area (Å²) in [6, 6.07) is 7.26. The number of hydrogen-bond acceptors (Lipinski definition) is 2. The van der Waals surface area contributed by atoms with Gasteiger partial charge in [-0.05, 0) is 18.1 Å². The topological polar surface area (TPSA) is 55.1 Å². The molecular formula is C13H18N2OS. The molecule has 92 valence electrons. The lowest BCUT2D eigenvalue weighted by Crippen LogP contribution is -2.24. The Morgan fingerprint density at radius 1 is 1.35 bits per heavy atom. The second-order valence-electron chi connectivity index (χ2n) is 4.47. The number of rotatable bonds is 4. The minimum absolute atomic E-state index is 0.0140. The molecule has 3 N–H and O–H groups in total. The van der Waals surface area contributed by atoms with Gasteiger partial charge in [0.15, 0.2) is 0 Å². The first-order chi connectivity index (χ1) is 7.91. The van der Waals surface area contributed by atoms with Crippen molar-refractivity contribution in [2.45, 2.75) is 20.8 Å². The van der Waals surface area contributed by atoms with Crippen molar-refractivity contribution in [2.75, 3.05) is 5.32 Å². The third-order valence-electron chi connectivity index (χ3n) is 2.83. The van der Waals surface area contributed by atoms with E-state index in [1.165, 1.54) is 0 Å². The van der Waals surface area contributed by atoms with Crippen LogP contribution in [0.25, 0.3) is 0 Å². The van der Waals surface area contributed by atoms with Gasteiger partial charge in [-0.15, -0.1) is 0 Å². The SMILES string of the molecule is CC(C)C(C)C(=O)Nc1cccc(C(N)=S)c1. The first-order valence-electron chi connectivity index (χ1n) is 5.62. The maximum atomic E-state index is 11.9. The fourth-order valence-corrected chi connectivity index (χ4v) is 1.44. The molecule has 0 fully saturated rings. The minimum Gasteiger partial charge on any atom is -0.389 e. The lowest BCUT2D eigenvalue weighted by molar-refractivity contribution is -0.120. The van der Waals surface area contributed by atoms with Crippen molar-refractivity contribution >= 4 is 28.8 Å². The van der Waals surface area contributed by atoms with E-state index in [0.717, 1.165) is 11.3 Å². The van der Waals surface area contributed by atoms with Crippen LogP contribution in [0.1, 0.15) is 26.3 Å². The smallest absolute Gasteiger partial charge is 0.227 e. The molecule has 0 spiro atoms. The number of hydrogen-bond donors (Lipinski definition) is 2. The quantitative estimate of drug-likeness (QED) is 0.807. The van der Waals surface area contributed by atoms with Crippen LogP contribution in [0.3, 0.4) is 0 Å². The Labute approximate surface area is 107 Å². The second kappa shape index (κ2) is 5.77. The fourth-order valence-electron chi connectivity index (χ4n) is 1.31. The van der Waals surface area contributed by atoms with Crippen molar-refractivity contribution < 1.29 is 4.79 Å². The highest BCUT2D eigenvalue weighted by atomic mass is 32.1. The lowest BCUT2D eigenvalue weighted by Gasteiger charge is -2.15. The molecule has 0 aromatic heterocycles. The van der Waals surface area contributed by atoms with Crippen LogP contribution in [0.5, 0.6) is 0 Å². The van der Waals surface area contributed by atoms with E-state index in [4.69, 9.17) is 18.0 Å². The molecule has 4 heteroatoms. The van der Waals surface area contributed by atoms with Crippen LogP contribution < -0.4 is 11.1 Å². The number of benzene rings is 1. The van der Waals surface area contributed by atoms with Gasteiger partial charge in [0.05, 0.1) is 0 Å². The number of thiocarbonyl (C=S) groups is 1. The van der Waals surface area contributed by atoms with E-state index in [2.05, 4.69) is 5.32 Å². The molecular weight excluding hydrogens is 232 g/mol. The van der Waals surface area contributed by atoms with Crippen LogP contribution in [0.2, 0.25) is 0 Å². The summed E-state index contributed by atoms with van der Waals surface area (Å²) in [7, 11) is 0. The predicted molar refractivity (Wildman–Crippen MR) is 75.0 cm³/mol. The summed E-state index contributed by atoms with van der Waals surface area (Å²) in [5, 5.41) is 2.86. The Balaban J connectivity index is 2.78. The Bertz CT molecular complexity index is 429. The van der Waals surface area contributed by atoms with Gasteiger partial charge in [-0.2, -0.15) is 0 Å². The van der Waals surface area contributed by atoms with Crippen molar-refractivity contribution in [3.8, 4) is 0 Å². The van der Waals surface area contributed by atoms with Crippen LogP contribution in [0.4, 0.5) is 5.69 Å². The lowest BCUT2D eigenvalue weighted by atomic mass is 9.97. The van der Waals surface area contributed by atoms with Gasteiger partial charge in [0.25, 0.3) is 0 Å². The summed E-state index contributed by atoms with van der Waals surface area (Å²) in [6.45, 7) is 5.96. The molecule has 1 aromatic rings. The zero-order valence-corrected chi connectivity index (χ0v) is 11.2. The van der Waals surface area contributed by atoms with Crippen LogP contribution in [-0.4, -0.2) is 10.9 Å². The zero-order valence-electron chi connectivity index (χ0n) is 10.4. The normalized spacial score (nSPS) is 12.2. The summed E-state index contributed by atoms with van der Waals surface area (Å²) >= 11 is 4.89. The Morgan fingerprint density at radius 2 is 2.00 bits per heavy atom. The number of carbonyl (C=O) groups excluding carboxylic acids is 1. The van der Waals surface area contributed by atoms with Gasteiger partial charge in [-0.3, -0.25) is 4.79 Å². The van der Waals surface area contributed by atoms with Gasteiger partial charge in [-0.1, -0.05) is 45.1 Å². The maximum absolute atomic E-state index is 11.9. The van der Waals surface area contributed by atoms with E-state index in [9.17, 15) is 4.79 Å². The molecule has 0 aliphatic rings. The summed E-state index contributed by atoms with van der Waals surface area (Å²) in [6.07, 6.45) is 0. The Kier molecular flexibility index (Phi) is 4.63. The first kappa shape index (κ1) is 13.6. The Hall–Kier alpha value is -1.42. The van der Waals surface area contributed by atoms with Crippen LogP contribution in [0, 0.1) is 11.8 Å². The third-order valence-corrected chi connectivity index (χ3v) is 3.06. The molecule has 0 saturated heterocycles. The predicted octanol–water partition coefficient (Wildman–Crippen LogP) is 2.55. The van der Waals surface area contributed by atoms with Gasteiger partial charge in [-0.25, -0.2) is 0 Å². The number of nitrogens with one attached hydrogen (secondary N) is 1. The molecule has 0 heterocycles. The maximum Gasteiger partial charge on any atom is 0.227 e. The number of nitrogens with two attached hydrogens (primary N) is 1. The van der Waals surface area contributed by atoms with E-state index in [1.54, 1.807) is 6.07 Å². The highest BCUT2D eigenvalue weighted by Crippen LogP contribution is 2.15. The molecule has 1 unspecified atom stereocenters. The molecule has 1 amide bonds. The molecule has 17 heavy (non-hydrogen) atoms. The molecule has 3 nitrogen and oxygen atoms in total. The van der Waals surface area contributed by atoms with E-state index >= 15 is 0 Å². The molecule has 0 saturated carbocycles. The second-order valence-corrected chi connectivity index (χ2v) is 4.91. The van der Waals surface area contributed by atoms with Gasteiger partial charge < -0.3 is 11.1 Å². The van der Waals surface area contributed by atoms with E-state index in [0.29, 0.717) is 10.9 Å². The number of anilines is 1. The Morgan fingerprint density at radius 3 is 2.53 bits per heavy atom. The van der Waals surface area contributed by atoms with Crippen molar-refractivity contribution in [2.24, 2.45) is 17.6 Å². The molecule has 1 rings (SSSR count). The fraction of sp³-hybridized carbons (Fsp3) is 0.385. The molecule has 1 aromatic carbocycles. The highest BCUT2D eigenvalue weighted by molar-refractivity contribution is 7.80. The first-order valence-corrected chi connectivity index (χ1v) is 6.03. The molecule has 0 bridgehead atoms. The van der Waals surface area contributed by atoms with Crippen molar-refractivity contribution in [3.05, 3.63) is 29.8 Å². The number of carbonyl (C=O) groups is 1. The highest BCUT2D eigenvalue weighted by Gasteiger charge is 2.16. The summed E-state index contributed by atoms with van der Waals surface area (Å²) in [4.78, 5) is 12.2. The summed E-state index contributed by atoms with van der Waals surface area (Å²) in [5.74, 6) is 0.303. The van der Waals surface area contributed by atoms with E-state index in [1.807, 2.05) is 39.0 Å². The summed E-state index contributed by atoms with van der Waals surface area (Å²) in [5.41, 5.74) is 7.03. The van der Waals surface area contributed by atoms with Gasteiger partial charge in [0, 0.05) is 17.2 Å². The van der Waals surface area contributed by atoms with Crippen molar-refractivity contribution in [1.29, 1.82) is 0 Å². The van der Waals surface area contributed by atoms with Crippen LogP contribution in [0.15, 0.2) is 24.3 Å². The third kappa shape index (κ3) is 3.82. The molecule has 0 radical (unpaired) electrons. The number of amides is 1. The molecule has 1 atom stereocenters. The van der Waals surface area contributed by atoms with Crippen LogP contribution >= 0.6 is 12.2 Å². The average molecular weight is 250 g/mol. The van der Waals surface area contributed by atoms with Gasteiger partial charge in [0.1, 0.15) is 4.99 Å². The minimum atomic E-state index is -0.0246. The molecule has 0 aliphatic carbocycles. The largest absolute Gasteiger partial charge is 0.389 e. The monoisotopic (exact) mass is 250 g/mol. The average Bonchev–Trinajstić information content (AvgIpc) is 2.28. The van der Waals surface area contributed by atoms with Crippen molar-refractivity contribution in [3.63, 3.8) is 0 Å². The van der Waals surface area contributed by atoms with E-state index < -0.39 is 0 Å².